The van der Waals surface area contributed by atoms with Gasteiger partial charge in [-0.2, -0.15) is 0 Å². The second-order valence-corrected chi connectivity index (χ2v) is 3.35. The van der Waals surface area contributed by atoms with Crippen LogP contribution in [0.2, 0.25) is 0 Å². The molecule has 0 radical (unpaired) electrons. The van der Waals surface area contributed by atoms with E-state index >= 15 is 0 Å². The summed E-state index contributed by atoms with van der Waals surface area (Å²) in [4.78, 5) is 23.0. The van der Waals surface area contributed by atoms with Gasteiger partial charge in [0.1, 0.15) is 0 Å². The molecule has 0 aromatic rings. The van der Waals surface area contributed by atoms with E-state index in [9.17, 15) is 9.59 Å². The summed E-state index contributed by atoms with van der Waals surface area (Å²) >= 11 is 0. The fourth-order valence-corrected chi connectivity index (χ4v) is 1.01. The Hall–Kier alpha value is -1.26. The van der Waals surface area contributed by atoms with Crippen molar-refractivity contribution in [3.8, 4) is 0 Å². The number of aliphatic hydroxyl groups is 1. The maximum absolute atomic E-state index is 11.5. The zero-order valence-corrected chi connectivity index (χ0v) is 8.46. The third kappa shape index (κ3) is 2.16. The van der Waals surface area contributed by atoms with E-state index in [1.165, 1.54) is 13.8 Å². The molecule has 0 aliphatic rings. The summed E-state index contributed by atoms with van der Waals surface area (Å²) in [5.74, 6) is -1.32. The van der Waals surface area contributed by atoms with Crippen molar-refractivity contribution in [3.05, 3.63) is 24.3 Å². The van der Waals surface area contributed by atoms with Gasteiger partial charge in [-0.1, -0.05) is 13.2 Å². The predicted octanol–water partition coefficient (Wildman–Crippen LogP) is -0.0334. The van der Waals surface area contributed by atoms with Crippen molar-refractivity contribution in [2.75, 3.05) is 6.61 Å². The van der Waals surface area contributed by atoms with Crippen LogP contribution in [-0.4, -0.2) is 28.8 Å². The van der Waals surface area contributed by atoms with Gasteiger partial charge < -0.3 is 10.8 Å². The quantitative estimate of drug-likeness (QED) is 0.479. The van der Waals surface area contributed by atoms with Crippen molar-refractivity contribution in [2.45, 2.75) is 19.4 Å². The maximum Gasteiger partial charge on any atom is 0.188 e. The van der Waals surface area contributed by atoms with Crippen molar-refractivity contribution in [2.24, 2.45) is 5.73 Å². The summed E-state index contributed by atoms with van der Waals surface area (Å²) in [5.41, 5.74) is 3.87. The van der Waals surface area contributed by atoms with E-state index in [-0.39, 0.29) is 11.1 Å². The Bertz CT molecular complexity index is 278. The van der Waals surface area contributed by atoms with Crippen LogP contribution >= 0.6 is 0 Å². The highest BCUT2D eigenvalue weighted by Crippen LogP contribution is 2.13. The van der Waals surface area contributed by atoms with Crippen LogP contribution in [0.4, 0.5) is 0 Å². The van der Waals surface area contributed by atoms with Crippen molar-refractivity contribution in [3.63, 3.8) is 0 Å². The van der Waals surface area contributed by atoms with Gasteiger partial charge in [-0.05, 0) is 25.0 Å². The van der Waals surface area contributed by atoms with Crippen molar-refractivity contribution in [1.29, 1.82) is 0 Å². The van der Waals surface area contributed by atoms with Crippen LogP contribution in [0.15, 0.2) is 24.3 Å². The molecule has 0 amide bonds. The Balaban J connectivity index is 5.18. The molecule has 4 heteroatoms. The number of carbonyl (C=O) groups excluding carboxylic acids is 2. The first-order chi connectivity index (χ1) is 6.27. The van der Waals surface area contributed by atoms with Gasteiger partial charge in [-0.3, -0.25) is 9.59 Å². The van der Waals surface area contributed by atoms with Gasteiger partial charge in [0.15, 0.2) is 17.1 Å². The molecule has 0 saturated carbocycles. The van der Waals surface area contributed by atoms with E-state index < -0.39 is 23.7 Å². The van der Waals surface area contributed by atoms with E-state index in [1.54, 1.807) is 0 Å². The third-order valence-corrected chi connectivity index (χ3v) is 1.84. The lowest BCUT2D eigenvalue weighted by Crippen LogP contribution is -2.58. The van der Waals surface area contributed by atoms with Gasteiger partial charge in [-0.15, -0.1) is 0 Å². The number of aliphatic hydroxyl groups excluding tert-OH is 1. The van der Waals surface area contributed by atoms with Crippen molar-refractivity contribution in [1.82, 2.24) is 0 Å². The van der Waals surface area contributed by atoms with E-state index in [4.69, 9.17) is 10.8 Å². The highest BCUT2D eigenvalue weighted by atomic mass is 16.3. The lowest BCUT2D eigenvalue weighted by Gasteiger charge is -2.24. The smallest absolute Gasteiger partial charge is 0.188 e. The molecule has 0 bridgehead atoms. The molecule has 0 aliphatic carbocycles. The van der Waals surface area contributed by atoms with E-state index in [2.05, 4.69) is 13.2 Å². The van der Waals surface area contributed by atoms with Gasteiger partial charge in [0.2, 0.25) is 0 Å². The fourth-order valence-electron chi connectivity index (χ4n) is 1.01. The standard InChI is InChI=1S/C10H15NO3/c1-6(2)8(13)10(11,5-12)9(14)7(3)4/h12H,1,3,5,11H2,2,4H3. The first-order valence-electron chi connectivity index (χ1n) is 4.07. The molecule has 0 aromatic carbocycles. The highest BCUT2D eigenvalue weighted by Gasteiger charge is 2.41. The molecule has 0 heterocycles. The Labute approximate surface area is 83.1 Å². The summed E-state index contributed by atoms with van der Waals surface area (Å²) < 4.78 is 0. The van der Waals surface area contributed by atoms with Crippen LogP contribution in [0.1, 0.15) is 13.8 Å². The molecule has 0 unspecified atom stereocenters. The Morgan fingerprint density at radius 2 is 1.50 bits per heavy atom. The Morgan fingerprint density at radius 3 is 1.64 bits per heavy atom. The molecule has 0 saturated heterocycles. The number of carbonyl (C=O) groups is 2. The number of ketones is 2. The van der Waals surface area contributed by atoms with Crippen LogP contribution in [0, 0.1) is 0 Å². The number of nitrogens with two attached hydrogens (primary N) is 1. The van der Waals surface area contributed by atoms with Gasteiger partial charge in [-0.25, -0.2) is 0 Å². The molecular formula is C10H15NO3. The van der Waals surface area contributed by atoms with Crippen molar-refractivity contribution < 1.29 is 14.7 Å². The summed E-state index contributed by atoms with van der Waals surface area (Å²) in [6.07, 6.45) is 0. The van der Waals surface area contributed by atoms with Gasteiger partial charge in [0.25, 0.3) is 0 Å². The maximum atomic E-state index is 11.5. The zero-order valence-electron chi connectivity index (χ0n) is 8.46. The molecule has 0 atom stereocenters. The third-order valence-electron chi connectivity index (χ3n) is 1.84. The molecular weight excluding hydrogens is 182 g/mol. The lowest BCUT2D eigenvalue weighted by molar-refractivity contribution is -0.132. The molecule has 0 aromatic heterocycles. The normalized spacial score (nSPS) is 10.9. The molecule has 3 N–H and O–H groups in total. The van der Waals surface area contributed by atoms with Crippen LogP contribution in [0.25, 0.3) is 0 Å². The minimum absolute atomic E-state index is 0.135. The summed E-state index contributed by atoms with van der Waals surface area (Å²) in [7, 11) is 0. The van der Waals surface area contributed by atoms with Gasteiger partial charge in [0, 0.05) is 0 Å². The van der Waals surface area contributed by atoms with E-state index in [0.717, 1.165) is 0 Å². The summed E-state index contributed by atoms with van der Waals surface area (Å²) in [6.45, 7) is 8.90. The highest BCUT2D eigenvalue weighted by molar-refractivity contribution is 6.22. The monoisotopic (exact) mass is 197 g/mol. The minimum atomic E-state index is -1.92. The second kappa shape index (κ2) is 4.30. The van der Waals surface area contributed by atoms with Crippen LogP contribution < -0.4 is 5.73 Å². The van der Waals surface area contributed by atoms with E-state index in [1.807, 2.05) is 0 Å². The van der Waals surface area contributed by atoms with Crippen LogP contribution in [0.3, 0.4) is 0 Å². The number of hydrogen-bond acceptors (Lipinski definition) is 4. The second-order valence-electron chi connectivity index (χ2n) is 3.35. The number of Topliss-reactive ketones (excluding diaryl/α,β-unsaturated/α-hetero) is 2. The first-order valence-corrected chi connectivity index (χ1v) is 4.07. The SMILES string of the molecule is C=C(C)C(=O)C(N)(CO)C(=O)C(=C)C. The largest absolute Gasteiger partial charge is 0.393 e. The topological polar surface area (TPSA) is 80.4 Å². The zero-order chi connectivity index (χ0) is 11.5. The molecule has 0 rings (SSSR count). The molecule has 78 valence electrons. The summed E-state index contributed by atoms with van der Waals surface area (Å²) in [6, 6.07) is 0. The lowest BCUT2D eigenvalue weighted by atomic mass is 9.85. The fraction of sp³-hybridized carbons (Fsp3) is 0.400. The predicted molar refractivity (Wildman–Crippen MR) is 53.6 cm³/mol. The number of hydrogen-bond donors (Lipinski definition) is 2. The molecule has 14 heavy (non-hydrogen) atoms. The van der Waals surface area contributed by atoms with E-state index in [0.29, 0.717) is 0 Å². The van der Waals surface area contributed by atoms with Crippen LogP contribution in [-0.2, 0) is 9.59 Å². The number of rotatable bonds is 5. The molecule has 0 aliphatic heterocycles. The first kappa shape index (κ1) is 12.7. The van der Waals surface area contributed by atoms with Gasteiger partial charge in [0.05, 0.1) is 6.61 Å². The molecule has 0 fully saturated rings. The Morgan fingerprint density at radius 1 is 1.21 bits per heavy atom. The minimum Gasteiger partial charge on any atom is -0.393 e. The molecule has 4 nitrogen and oxygen atoms in total. The van der Waals surface area contributed by atoms with Gasteiger partial charge >= 0.3 is 0 Å². The molecule has 0 spiro atoms. The summed E-state index contributed by atoms with van der Waals surface area (Å²) in [5, 5.41) is 8.98. The Kier molecular flexibility index (Phi) is 3.92. The average molecular weight is 197 g/mol. The van der Waals surface area contributed by atoms with Crippen LogP contribution in [0.5, 0.6) is 0 Å². The average Bonchev–Trinajstić information content (AvgIpc) is 2.13. The van der Waals surface area contributed by atoms with Crippen molar-refractivity contribution >= 4 is 11.6 Å².